The predicted octanol–water partition coefficient (Wildman–Crippen LogP) is 3.43. The second-order valence-corrected chi connectivity index (χ2v) is 5.62. The van der Waals surface area contributed by atoms with Crippen molar-refractivity contribution in [1.29, 1.82) is 0 Å². The zero-order valence-corrected chi connectivity index (χ0v) is 11.6. The maximum atomic E-state index is 5.80. The van der Waals surface area contributed by atoms with Crippen molar-refractivity contribution in [2.24, 2.45) is 5.73 Å². The topological polar surface area (TPSA) is 38.9 Å². The second-order valence-electron chi connectivity index (χ2n) is 4.56. The number of rotatable bonds is 4. The Kier molecular flexibility index (Phi) is 4.39. The fraction of sp³-hybridized carbons (Fsp3) is 0.267. The lowest BCUT2D eigenvalue weighted by molar-refractivity contribution is 0.733. The summed E-state index contributed by atoms with van der Waals surface area (Å²) < 4.78 is 0. The van der Waals surface area contributed by atoms with Crippen molar-refractivity contribution in [2.45, 2.75) is 36.2 Å². The van der Waals surface area contributed by atoms with E-state index in [0.717, 1.165) is 11.4 Å². The normalized spacial score (nSPS) is 12.4. The van der Waals surface area contributed by atoms with Gasteiger partial charge in [-0.05, 0) is 43.5 Å². The molecule has 2 N–H and O–H groups in total. The molecule has 1 aromatic heterocycles. The van der Waals surface area contributed by atoms with Gasteiger partial charge in [-0.2, -0.15) is 0 Å². The molecule has 0 saturated heterocycles. The molecule has 0 bridgehead atoms. The van der Waals surface area contributed by atoms with E-state index in [1.807, 2.05) is 31.3 Å². The Hall–Kier alpha value is -1.32. The van der Waals surface area contributed by atoms with E-state index in [-0.39, 0.29) is 6.04 Å². The Labute approximate surface area is 113 Å². The molecule has 2 rings (SSSR count). The molecule has 1 heterocycles. The van der Waals surface area contributed by atoms with Gasteiger partial charge in [0.15, 0.2) is 0 Å². The van der Waals surface area contributed by atoms with Crippen LogP contribution in [0, 0.1) is 6.92 Å². The summed E-state index contributed by atoms with van der Waals surface area (Å²) in [5.41, 5.74) is 8.22. The van der Waals surface area contributed by atoms with E-state index in [4.69, 9.17) is 5.73 Å². The molecule has 0 aliphatic heterocycles. The van der Waals surface area contributed by atoms with Gasteiger partial charge in [0.25, 0.3) is 0 Å². The minimum atomic E-state index is 0.179. The molecule has 2 aromatic rings. The van der Waals surface area contributed by atoms with Crippen molar-refractivity contribution in [2.75, 3.05) is 0 Å². The first-order valence-electron chi connectivity index (χ1n) is 6.09. The molecule has 1 atom stereocenters. The van der Waals surface area contributed by atoms with Gasteiger partial charge < -0.3 is 5.73 Å². The maximum absolute atomic E-state index is 5.80. The minimum absolute atomic E-state index is 0.179. The van der Waals surface area contributed by atoms with E-state index in [1.165, 1.54) is 16.0 Å². The standard InChI is InChI=1S/C15H18N2S/c1-11-8-13(9-12(2)16)10-17-15(11)18-14-6-4-3-5-7-14/h3-8,10,12H,9,16H2,1-2H3. The zero-order chi connectivity index (χ0) is 13.0. The Bertz CT molecular complexity index is 509. The average molecular weight is 258 g/mol. The number of hydrogen-bond acceptors (Lipinski definition) is 3. The molecule has 3 heteroatoms. The summed E-state index contributed by atoms with van der Waals surface area (Å²) in [5, 5.41) is 1.06. The van der Waals surface area contributed by atoms with E-state index in [9.17, 15) is 0 Å². The number of aromatic nitrogens is 1. The van der Waals surface area contributed by atoms with E-state index >= 15 is 0 Å². The smallest absolute Gasteiger partial charge is 0.104 e. The summed E-state index contributed by atoms with van der Waals surface area (Å²) >= 11 is 1.70. The largest absolute Gasteiger partial charge is 0.328 e. The Morgan fingerprint density at radius 3 is 2.61 bits per heavy atom. The summed E-state index contributed by atoms with van der Waals surface area (Å²) in [6, 6.07) is 12.7. The van der Waals surface area contributed by atoms with Crippen molar-refractivity contribution in [3.63, 3.8) is 0 Å². The lowest BCUT2D eigenvalue weighted by Gasteiger charge is -2.09. The lowest BCUT2D eigenvalue weighted by atomic mass is 10.1. The van der Waals surface area contributed by atoms with Crippen LogP contribution in [-0.2, 0) is 6.42 Å². The molecule has 0 amide bonds. The Balaban J connectivity index is 2.15. The first-order valence-corrected chi connectivity index (χ1v) is 6.91. The quantitative estimate of drug-likeness (QED) is 0.913. The Morgan fingerprint density at radius 2 is 2.00 bits per heavy atom. The van der Waals surface area contributed by atoms with Crippen molar-refractivity contribution in [3.8, 4) is 0 Å². The number of pyridine rings is 1. The van der Waals surface area contributed by atoms with Crippen molar-refractivity contribution in [1.82, 2.24) is 4.98 Å². The second kappa shape index (κ2) is 6.03. The molecular weight excluding hydrogens is 240 g/mol. The third-order valence-electron chi connectivity index (χ3n) is 2.60. The number of nitrogens with zero attached hydrogens (tertiary/aromatic N) is 1. The highest BCUT2D eigenvalue weighted by molar-refractivity contribution is 7.99. The molecule has 0 fully saturated rings. The van der Waals surface area contributed by atoms with Gasteiger partial charge in [-0.25, -0.2) is 4.98 Å². The highest BCUT2D eigenvalue weighted by Gasteiger charge is 2.05. The maximum Gasteiger partial charge on any atom is 0.104 e. The number of hydrogen-bond donors (Lipinski definition) is 1. The average Bonchev–Trinajstić information content (AvgIpc) is 2.33. The monoisotopic (exact) mass is 258 g/mol. The van der Waals surface area contributed by atoms with Crippen LogP contribution in [0.4, 0.5) is 0 Å². The highest BCUT2D eigenvalue weighted by Crippen LogP contribution is 2.28. The molecule has 1 aromatic carbocycles. The van der Waals surface area contributed by atoms with Crippen LogP contribution in [0.3, 0.4) is 0 Å². The summed E-state index contributed by atoms with van der Waals surface area (Å²) in [4.78, 5) is 5.75. The number of nitrogens with two attached hydrogens (primary N) is 1. The summed E-state index contributed by atoms with van der Waals surface area (Å²) in [6.07, 6.45) is 2.81. The third-order valence-corrected chi connectivity index (χ3v) is 3.73. The summed E-state index contributed by atoms with van der Waals surface area (Å²) in [7, 11) is 0. The molecule has 94 valence electrons. The van der Waals surface area contributed by atoms with Gasteiger partial charge in [0, 0.05) is 17.1 Å². The van der Waals surface area contributed by atoms with Crippen LogP contribution in [0.2, 0.25) is 0 Å². The SMILES string of the molecule is Cc1cc(CC(C)N)cnc1Sc1ccccc1. The van der Waals surface area contributed by atoms with Crippen molar-refractivity contribution < 1.29 is 0 Å². The first kappa shape index (κ1) is 13.1. The van der Waals surface area contributed by atoms with Gasteiger partial charge in [0.1, 0.15) is 5.03 Å². The molecule has 0 radical (unpaired) electrons. The van der Waals surface area contributed by atoms with Crippen molar-refractivity contribution in [3.05, 3.63) is 53.7 Å². The molecule has 1 unspecified atom stereocenters. The summed E-state index contributed by atoms with van der Waals surface area (Å²) in [6.45, 7) is 4.12. The van der Waals surface area contributed by atoms with Gasteiger partial charge in [-0.3, -0.25) is 0 Å². The molecule has 0 spiro atoms. The van der Waals surface area contributed by atoms with Crippen LogP contribution in [0.5, 0.6) is 0 Å². The molecule has 18 heavy (non-hydrogen) atoms. The van der Waals surface area contributed by atoms with Crippen LogP contribution in [0.25, 0.3) is 0 Å². The first-order chi connectivity index (χ1) is 8.65. The van der Waals surface area contributed by atoms with E-state index in [2.05, 4.69) is 30.1 Å². The highest BCUT2D eigenvalue weighted by atomic mass is 32.2. The summed E-state index contributed by atoms with van der Waals surface area (Å²) in [5.74, 6) is 0. The fourth-order valence-electron chi connectivity index (χ4n) is 1.81. The molecule has 0 aliphatic carbocycles. The lowest BCUT2D eigenvalue weighted by Crippen LogP contribution is -2.17. The van der Waals surface area contributed by atoms with Gasteiger partial charge in [-0.1, -0.05) is 36.0 Å². The third kappa shape index (κ3) is 3.59. The zero-order valence-electron chi connectivity index (χ0n) is 10.8. The Morgan fingerprint density at radius 1 is 1.28 bits per heavy atom. The molecule has 0 aliphatic rings. The van der Waals surface area contributed by atoms with Gasteiger partial charge in [0.2, 0.25) is 0 Å². The fourth-order valence-corrected chi connectivity index (χ4v) is 2.65. The van der Waals surface area contributed by atoms with E-state index < -0.39 is 0 Å². The van der Waals surface area contributed by atoms with Crippen LogP contribution < -0.4 is 5.73 Å². The van der Waals surface area contributed by atoms with Crippen LogP contribution in [0.15, 0.2) is 52.5 Å². The minimum Gasteiger partial charge on any atom is -0.328 e. The van der Waals surface area contributed by atoms with E-state index in [0.29, 0.717) is 0 Å². The van der Waals surface area contributed by atoms with Crippen LogP contribution in [-0.4, -0.2) is 11.0 Å². The predicted molar refractivity (Wildman–Crippen MR) is 76.9 cm³/mol. The van der Waals surface area contributed by atoms with E-state index in [1.54, 1.807) is 11.8 Å². The van der Waals surface area contributed by atoms with Crippen LogP contribution >= 0.6 is 11.8 Å². The van der Waals surface area contributed by atoms with Gasteiger partial charge >= 0.3 is 0 Å². The van der Waals surface area contributed by atoms with Crippen LogP contribution in [0.1, 0.15) is 18.1 Å². The van der Waals surface area contributed by atoms with Crippen molar-refractivity contribution >= 4 is 11.8 Å². The number of benzene rings is 1. The molecule has 2 nitrogen and oxygen atoms in total. The molecular formula is C15H18N2S. The number of aryl methyl sites for hydroxylation is 1. The van der Waals surface area contributed by atoms with Gasteiger partial charge in [-0.15, -0.1) is 0 Å². The molecule has 0 saturated carbocycles. The van der Waals surface area contributed by atoms with Gasteiger partial charge in [0.05, 0.1) is 0 Å².